The number of nitrogens with two attached hydrogens (primary N) is 1. The highest BCUT2D eigenvalue weighted by atomic mass is 14.7. The monoisotopic (exact) mass is 215 g/mol. The number of hydrogen-bond acceptors (Lipinski definition) is 3. The SMILES string of the molecule is Cc1ccc(C2(C#N)CCC(N)CC2)nc1. The summed E-state index contributed by atoms with van der Waals surface area (Å²) in [6.07, 6.45) is 5.34. The molecule has 16 heavy (non-hydrogen) atoms. The van der Waals surface area contributed by atoms with E-state index in [0.717, 1.165) is 36.9 Å². The molecule has 3 nitrogen and oxygen atoms in total. The molecule has 1 heterocycles. The van der Waals surface area contributed by atoms with Crippen molar-refractivity contribution in [2.24, 2.45) is 5.73 Å². The van der Waals surface area contributed by atoms with Gasteiger partial charge in [0.15, 0.2) is 0 Å². The molecule has 0 aromatic carbocycles. The lowest BCUT2D eigenvalue weighted by molar-refractivity contribution is 0.326. The molecule has 3 heteroatoms. The van der Waals surface area contributed by atoms with Crippen LogP contribution in [-0.4, -0.2) is 11.0 Å². The maximum Gasteiger partial charge on any atom is 0.0994 e. The van der Waals surface area contributed by atoms with Gasteiger partial charge >= 0.3 is 0 Å². The molecule has 0 bridgehead atoms. The minimum absolute atomic E-state index is 0.256. The van der Waals surface area contributed by atoms with Crippen molar-refractivity contribution in [3.05, 3.63) is 29.6 Å². The Kier molecular flexibility index (Phi) is 2.93. The molecule has 0 radical (unpaired) electrons. The molecule has 0 atom stereocenters. The lowest BCUT2D eigenvalue weighted by Gasteiger charge is -2.33. The van der Waals surface area contributed by atoms with Crippen molar-refractivity contribution in [2.75, 3.05) is 0 Å². The van der Waals surface area contributed by atoms with Crippen molar-refractivity contribution in [2.45, 2.75) is 44.1 Å². The fraction of sp³-hybridized carbons (Fsp3) is 0.538. The number of hydrogen-bond donors (Lipinski definition) is 1. The molecule has 1 aromatic heterocycles. The second-order valence-corrected chi connectivity index (χ2v) is 4.75. The zero-order chi connectivity index (χ0) is 11.6. The number of nitriles is 1. The van der Waals surface area contributed by atoms with Gasteiger partial charge in [0.1, 0.15) is 0 Å². The van der Waals surface area contributed by atoms with E-state index in [2.05, 4.69) is 11.1 Å². The number of aryl methyl sites for hydroxylation is 1. The zero-order valence-electron chi connectivity index (χ0n) is 9.61. The maximum atomic E-state index is 9.42. The van der Waals surface area contributed by atoms with Gasteiger partial charge in [-0.2, -0.15) is 5.26 Å². The van der Waals surface area contributed by atoms with Gasteiger partial charge in [0, 0.05) is 12.2 Å². The Morgan fingerprint density at radius 1 is 1.44 bits per heavy atom. The highest BCUT2D eigenvalue weighted by molar-refractivity contribution is 5.28. The van der Waals surface area contributed by atoms with Crippen molar-refractivity contribution in [3.8, 4) is 6.07 Å². The molecule has 0 spiro atoms. The quantitative estimate of drug-likeness (QED) is 0.779. The minimum Gasteiger partial charge on any atom is -0.328 e. The van der Waals surface area contributed by atoms with Crippen LogP contribution in [0.4, 0.5) is 0 Å². The van der Waals surface area contributed by atoms with Gasteiger partial charge in [-0.05, 0) is 44.2 Å². The van der Waals surface area contributed by atoms with Crippen LogP contribution in [0.2, 0.25) is 0 Å². The Balaban J connectivity index is 2.29. The van der Waals surface area contributed by atoms with E-state index in [9.17, 15) is 5.26 Å². The number of pyridine rings is 1. The molecule has 0 amide bonds. The van der Waals surface area contributed by atoms with E-state index in [0.29, 0.717) is 0 Å². The third-order valence-corrected chi connectivity index (χ3v) is 3.50. The van der Waals surface area contributed by atoms with Crippen molar-refractivity contribution in [1.29, 1.82) is 5.26 Å². The molecule has 0 unspecified atom stereocenters. The summed E-state index contributed by atoms with van der Waals surface area (Å²) < 4.78 is 0. The van der Waals surface area contributed by atoms with E-state index in [1.165, 1.54) is 0 Å². The van der Waals surface area contributed by atoms with Crippen molar-refractivity contribution < 1.29 is 0 Å². The molecule has 1 fully saturated rings. The van der Waals surface area contributed by atoms with Crippen LogP contribution >= 0.6 is 0 Å². The fourth-order valence-corrected chi connectivity index (χ4v) is 2.31. The molecule has 0 aliphatic heterocycles. The van der Waals surface area contributed by atoms with Crippen LogP contribution in [0.1, 0.15) is 36.9 Å². The molecule has 2 N–H and O–H groups in total. The number of rotatable bonds is 1. The third-order valence-electron chi connectivity index (χ3n) is 3.50. The van der Waals surface area contributed by atoms with Crippen LogP contribution in [-0.2, 0) is 5.41 Å². The van der Waals surface area contributed by atoms with Crippen molar-refractivity contribution in [3.63, 3.8) is 0 Å². The Labute approximate surface area is 96.3 Å². The summed E-state index contributed by atoms with van der Waals surface area (Å²) in [5, 5.41) is 9.42. The van der Waals surface area contributed by atoms with Crippen molar-refractivity contribution in [1.82, 2.24) is 4.98 Å². The summed E-state index contributed by atoms with van der Waals surface area (Å²) >= 11 is 0. The summed E-state index contributed by atoms with van der Waals surface area (Å²) in [7, 11) is 0. The van der Waals surface area contributed by atoms with Gasteiger partial charge in [-0.15, -0.1) is 0 Å². The van der Waals surface area contributed by atoms with Gasteiger partial charge in [-0.25, -0.2) is 0 Å². The molecule has 2 rings (SSSR count). The van der Waals surface area contributed by atoms with Gasteiger partial charge in [0.05, 0.1) is 17.2 Å². The topological polar surface area (TPSA) is 62.7 Å². The van der Waals surface area contributed by atoms with Gasteiger partial charge in [-0.3, -0.25) is 4.98 Å². The molecular weight excluding hydrogens is 198 g/mol. The second kappa shape index (κ2) is 4.23. The largest absolute Gasteiger partial charge is 0.328 e. The van der Waals surface area contributed by atoms with Gasteiger partial charge < -0.3 is 5.73 Å². The lowest BCUT2D eigenvalue weighted by Crippen LogP contribution is -2.36. The van der Waals surface area contributed by atoms with E-state index < -0.39 is 5.41 Å². The summed E-state index contributed by atoms with van der Waals surface area (Å²) in [5.74, 6) is 0. The first-order valence-corrected chi connectivity index (χ1v) is 5.76. The van der Waals surface area contributed by atoms with E-state index in [1.54, 1.807) is 0 Å². The summed E-state index contributed by atoms with van der Waals surface area (Å²) in [4.78, 5) is 4.41. The summed E-state index contributed by atoms with van der Waals surface area (Å²) in [6.45, 7) is 2.01. The Morgan fingerprint density at radius 2 is 2.12 bits per heavy atom. The molecule has 1 aliphatic carbocycles. The minimum atomic E-state index is -0.399. The Morgan fingerprint density at radius 3 is 2.62 bits per heavy atom. The number of nitrogens with zero attached hydrogens (tertiary/aromatic N) is 2. The van der Waals surface area contributed by atoms with E-state index in [1.807, 2.05) is 25.3 Å². The van der Waals surface area contributed by atoms with Gasteiger partial charge in [0.25, 0.3) is 0 Å². The van der Waals surface area contributed by atoms with E-state index in [-0.39, 0.29) is 6.04 Å². The highest BCUT2D eigenvalue weighted by Gasteiger charge is 2.37. The second-order valence-electron chi connectivity index (χ2n) is 4.75. The van der Waals surface area contributed by atoms with Crippen LogP contribution in [0.5, 0.6) is 0 Å². The van der Waals surface area contributed by atoms with Crippen LogP contribution in [0, 0.1) is 18.3 Å². The average Bonchev–Trinajstić information content (AvgIpc) is 2.32. The lowest BCUT2D eigenvalue weighted by atomic mass is 9.71. The Bertz CT molecular complexity index is 394. The van der Waals surface area contributed by atoms with E-state index >= 15 is 0 Å². The Hall–Kier alpha value is -1.40. The van der Waals surface area contributed by atoms with Crippen LogP contribution in [0.15, 0.2) is 18.3 Å². The maximum absolute atomic E-state index is 9.42. The summed E-state index contributed by atoms with van der Waals surface area (Å²) in [6, 6.07) is 6.72. The third kappa shape index (κ3) is 1.94. The first kappa shape index (κ1) is 11.1. The first-order valence-electron chi connectivity index (χ1n) is 5.76. The molecule has 1 saturated carbocycles. The molecule has 0 saturated heterocycles. The zero-order valence-corrected chi connectivity index (χ0v) is 9.61. The molecule has 1 aromatic rings. The summed E-state index contributed by atoms with van der Waals surface area (Å²) in [5.41, 5.74) is 7.52. The van der Waals surface area contributed by atoms with E-state index in [4.69, 9.17) is 5.73 Å². The molecule has 1 aliphatic rings. The standard InChI is InChI=1S/C13H17N3/c1-10-2-3-12(16-8-10)13(9-14)6-4-11(15)5-7-13/h2-3,8,11H,4-7,15H2,1H3. The number of aromatic nitrogens is 1. The first-order chi connectivity index (χ1) is 7.66. The smallest absolute Gasteiger partial charge is 0.0994 e. The van der Waals surface area contributed by atoms with Crippen molar-refractivity contribution >= 4 is 0 Å². The predicted octanol–water partition coefficient (Wildman–Crippen LogP) is 2.05. The van der Waals surface area contributed by atoms with Crippen LogP contribution in [0.25, 0.3) is 0 Å². The average molecular weight is 215 g/mol. The van der Waals surface area contributed by atoms with Gasteiger partial charge in [-0.1, -0.05) is 6.07 Å². The van der Waals surface area contributed by atoms with Gasteiger partial charge in [0.2, 0.25) is 0 Å². The normalized spacial score (nSPS) is 29.7. The highest BCUT2D eigenvalue weighted by Crippen LogP contribution is 2.37. The fourth-order valence-electron chi connectivity index (χ4n) is 2.31. The van der Waals surface area contributed by atoms with Crippen LogP contribution < -0.4 is 5.73 Å². The molecular formula is C13H17N3. The predicted molar refractivity (Wildman–Crippen MR) is 62.7 cm³/mol. The molecule has 84 valence electrons. The van der Waals surface area contributed by atoms with Crippen LogP contribution in [0.3, 0.4) is 0 Å².